The molecule has 6 nitrogen and oxygen atoms in total. The standard InChI is InChI=1S/C15H15F3N2O.C4H4N2O.2C2H6/c1-20-8-6-12(7-9-20)14(10-19)11-2-4-13(5-3-11)21-15(16,17)18;7-4-6-2-1-5-3-6;2*1-2/h2-5H,6-9H2,1H3;1-4H;2*1-2H3. The second-order valence-electron chi connectivity index (χ2n) is 6.08. The molecular formula is C23H31F3N4O2. The fourth-order valence-corrected chi connectivity index (χ4v) is 2.64. The molecule has 0 radical (unpaired) electrons. The van der Waals surface area contributed by atoms with Crippen molar-refractivity contribution < 1.29 is 22.7 Å². The molecule has 1 fully saturated rings. The first-order valence-corrected chi connectivity index (χ1v) is 10.4. The molecule has 1 aromatic carbocycles. The quantitative estimate of drug-likeness (QED) is 0.450. The number of imidazole rings is 1. The van der Waals surface area contributed by atoms with Gasteiger partial charge in [-0.3, -0.25) is 9.36 Å². The third kappa shape index (κ3) is 10.8. The van der Waals surface area contributed by atoms with E-state index in [-0.39, 0.29) is 5.75 Å². The van der Waals surface area contributed by atoms with Crippen molar-refractivity contribution in [3.63, 3.8) is 0 Å². The Kier molecular flexibility index (Phi) is 14.1. The molecule has 0 atom stereocenters. The lowest BCUT2D eigenvalue weighted by Crippen LogP contribution is -2.26. The maximum Gasteiger partial charge on any atom is 0.573 e. The normalized spacial score (nSPS) is 13.0. The van der Waals surface area contributed by atoms with E-state index >= 15 is 0 Å². The second kappa shape index (κ2) is 15.6. The molecule has 0 amide bonds. The van der Waals surface area contributed by atoms with Crippen molar-refractivity contribution in [1.29, 1.82) is 5.26 Å². The van der Waals surface area contributed by atoms with Crippen molar-refractivity contribution in [2.45, 2.75) is 46.9 Å². The maximum atomic E-state index is 12.1. The lowest BCUT2D eigenvalue weighted by molar-refractivity contribution is -0.274. The lowest BCUT2D eigenvalue weighted by Gasteiger charge is -2.25. The molecule has 0 spiro atoms. The summed E-state index contributed by atoms with van der Waals surface area (Å²) in [5, 5.41) is 9.32. The Bertz CT molecular complexity index is 830. The number of halogens is 3. The number of hydrogen-bond acceptors (Lipinski definition) is 5. The van der Waals surface area contributed by atoms with E-state index in [1.807, 2.05) is 34.7 Å². The summed E-state index contributed by atoms with van der Waals surface area (Å²) in [7, 11) is 2.02. The second-order valence-corrected chi connectivity index (χ2v) is 6.08. The molecule has 32 heavy (non-hydrogen) atoms. The van der Waals surface area contributed by atoms with E-state index in [0.717, 1.165) is 31.5 Å². The summed E-state index contributed by atoms with van der Waals surface area (Å²) in [5.74, 6) is -0.281. The van der Waals surface area contributed by atoms with Crippen LogP contribution in [0.2, 0.25) is 0 Å². The molecule has 1 saturated heterocycles. The van der Waals surface area contributed by atoms with Crippen LogP contribution in [-0.4, -0.2) is 47.4 Å². The van der Waals surface area contributed by atoms with Crippen molar-refractivity contribution in [1.82, 2.24) is 14.5 Å². The van der Waals surface area contributed by atoms with Crippen molar-refractivity contribution in [2.24, 2.45) is 0 Å². The van der Waals surface area contributed by atoms with Crippen LogP contribution in [0.3, 0.4) is 0 Å². The van der Waals surface area contributed by atoms with Crippen molar-refractivity contribution in [3.8, 4) is 11.8 Å². The Morgan fingerprint density at radius 2 is 1.69 bits per heavy atom. The predicted molar refractivity (Wildman–Crippen MR) is 119 cm³/mol. The molecule has 0 bridgehead atoms. The average molecular weight is 453 g/mol. The van der Waals surface area contributed by atoms with Gasteiger partial charge in [0, 0.05) is 25.5 Å². The molecule has 9 heteroatoms. The Morgan fingerprint density at radius 3 is 2.06 bits per heavy atom. The van der Waals surface area contributed by atoms with Gasteiger partial charge in [0.1, 0.15) is 12.1 Å². The Labute approximate surface area is 187 Å². The number of nitriles is 1. The van der Waals surface area contributed by atoms with E-state index < -0.39 is 6.36 Å². The number of carbonyl (C=O) groups is 1. The van der Waals surface area contributed by atoms with E-state index in [9.17, 15) is 23.2 Å². The van der Waals surface area contributed by atoms with Gasteiger partial charge in [-0.2, -0.15) is 5.26 Å². The third-order valence-electron chi connectivity index (χ3n) is 4.08. The first-order valence-electron chi connectivity index (χ1n) is 10.4. The number of piperidine rings is 1. The molecule has 2 heterocycles. The molecule has 3 rings (SSSR count). The van der Waals surface area contributed by atoms with Crippen molar-refractivity contribution in [3.05, 3.63) is 54.1 Å². The van der Waals surface area contributed by atoms with Gasteiger partial charge < -0.3 is 9.64 Å². The van der Waals surface area contributed by atoms with E-state index in [2.05, 4.69) is 20.7 Å². The predicted octanol–water partition coefficient (Wildman–Crippen LogP) is 5.56. The molecule has 0 N–H and O–H groups in total. The summed E-state index contributed by atoms with van der Waals surface area (Å²) >= 11 is 0. The smallest absolute Gasteiger partial charge is 0.406 e. The summed E-state index contributed by atoms with van der Waals surface area (Å²) in [5.41, 5.74) is 2.24. The van der Waals surface area contributed by atoms with Crippen molar-refractivity contribution in [2.75, 3.05) is 20.1 Å². The van der Waals surface area contributed by atoms with E-state index in [0.29, 0.717) is 17.5 Å². The number of benzene rings is 1. The SMILES string of the molecule is CC.CC.CN1CCC(=C(C#N)c2ccc(OC(F)(F)F)cc2)CC1.O=Cn1ccnc1. The van der Waals surface area contributed by atoms with Crippen LogP contribution in [-0.2, 0) is 4.79 Å². The summed E-state index contributed by atoms with van der Waals surface area (Å²) in [4.78, 5) is 15.6. The Morgan fingerprint density at radius 1 is 1.12 bits per heavy atom. The highest BCUT2D eigenvalue weighted by Gasteiger charge is 2.31. The fourth-order valence-electron chi connectivity index (χ4n) is 2.64. The highest BCUT2D eigenvalue weighted by atomic mass is 19.4. The zero-order chi connectivity index (χ0) is 24.6. The number of likely N-dealkylation sites (tertiary alicyclic amines) is 1. The van der Waals surface area contributed by atoms with E-state index in [4.69, 9.17) is 0 Å². The van der Waals surface area contributed by atoms with Gasteiger partial charge in [-0.05, 0) is 55.3 Å². The molecule has 176 valence electrons. The van der Waals surface area contributed by atoms with Gasteiger partial charge in [-0.25, -0.2) is 4.98 Å². The minimum absolute atomic E-state index is 0.281. The molecule has 0 aliphatic carbocycles. The van der Waals surface area contributed by atoms with Crippen LogP contribution in [0.4, 0.5) is 13.2 Å². The monoisotopic (exact) mass is 452 g/mol. The first kappa shape index (κ1) is 28.9. The molecule has 2 aromatic rings. The number of alkyl halides is 3. The summed E-state index contributed by atoms with van der Waals surface area (Å²) in [6, 6.07) is 7.61. The molecule has 0 unspecified atom stereocenters. The van der Waals surface area contributed by atoms with Gasteiger partial charge in [-0.1, -0.05) is 27.7 Å². The Hall–Kier alpha value is -3.12. The number of carbonyl (C=O) groups excluding carboxylic acids is 1. The van der Waals surface area contributed by atoms with Gasteiger partial charge in [0.05, 0.1) is 11.6 Å². The third-order valence-corrected chi connectivity index (χ3v) is 4.08. The number of rotatable bonds is 3. The van der Waals surface area contributed by atoms with Crippen LogP contribution in [0.25, 0.3) is 5.57 Å². The zero-order valence-electron chi connectivity index (χ0n) is 19.2. The van der Waals surface area contributed by atoms with Crippen LogP contribution in [0.1, 0.15) is 46.1 Å². The van der Waals surface area contributed by atoms with Gasteiger partial charge in [0.2, 0.25) is 6.41 Å². The van der Waals surface area contributed by atoms with Crippen LogP contribution in [0, 0.1) is 11.3 Å². The summed E-state index contributed by atoms with van der Waals surface area (Å²) in [6.07, 6.45) is 2.16. The first-order chi connectivity index (χ1) is 15.3. The zero-order valence-corrected chi connectivity index (χ0v) is 19.2. The summed E-state index contributed by atoms with van der Waals surface area (Å²) < 4.78 is 41.5. The minimum atomic E-state index is -4.70. The average Bonchev–Trinajstić information content (AvgIpc) is 3.33. The van der Waals surface area contributed by atoms with Crippen molar-refractivity contribution >= 4 is 12.0 Å². The van der Waals surface area contributed by atoms with Crippen LogP contribution >= 0.6 is 0 Å². The molecule has 0 saturated carbocycles. The molecular weight excluding hydrogens is 421 g/mol. The van der Waals surface area contributed by atoms with Gasteiger partial charge in [0.25, 0.3) is 0 Å². The van der Waals surface area contributed by atoms with Crippen LogP contribution in [0.15, 0.2) is 48.6 Å². The lowest BCUT2D eigenvalue weighted by atomic mass is 9.94. The topological polar surface area (TPSA) is 71.2 Å². The molecule has 1 aliphatic rings. The van der Waals surface area contributed by atoms with Crippen LogP contribution < -0.4 is 4.74 Å². The summed E-state index contributed by atoms with van der Waals surface area (Å²) in [6.45, 7) is 9.77. The number of aromatic nitrogens is 2. The largest absolute Gasteiger partial charge is 0.573 e. The fraction of sp³-hybridized carbons (Fsp3) is 0.435. The molecule has 1 aliphatic heterocycles. The van der Waals surface area contributed by atoms with Gasteiger partial charge >= 0.3 is 6.36 Å². The number of allylic oxidation sites excluding steroid dienone is 1. The number of hydrogen-bond donors (Lipinski definition) is 0. The van der Waals surface area contributed by atoms with Crippen LogP contribution in [0.5, 0.6) is 5.75 Å². The molecule has 1 aromatic heterocycles. The Balaban J connectivity index is 0.000000727. The number of nitrogens with zero attached hydrogens (tertiary/aromatic N) is 4. The van der Waals surface area contributed by atoms with Gasteiger partial charge in [-0.15, -0.1) is 13.2 Å². The van der Waals surface area contributed by atoms with E-state index in [1.165, 1.54) is 35.2 Å². The number of ether oxygens (including phenoxy) is 1. The van der Waals surface area contributed by atoms with Gasteiger partial charge in [0.15, 0.2) is 0 Å². The highest BCUT2D eigenvalue weighted by Crippen LogP contribution is 2.28. The van der Waals surface area contributed by atoms with E-state index in [1.54, 1.807) is 12.4 Å². The minimum Gasteiger partial charge on any atom is -0.406 e. The maximum absolute atomic E-state index is 12.1. The highest BCUT2D eigenvalue weighted by molar-refractivity contribution is 5.79.